The van der Waals surface area contributed by atoms with Gasteiger partial charge < -0.3 is 14.2 Å². The third-order valence-corrected chi connectivity index (χ3v) is 15.1. The molecule has 0 aliphatic heterocycles. The summed E-state index contributed by atoms with van der Waals surface area (Å²) in [5.74, 6) is -0.839. The standard InChI is InChI=1S/C69H128O6/c1-4-7-10-13-16-19-22-25-26-27-28-29-30-31-32-33-34-35-36-37-38-39-40-41-42-45-47-50-53-56-59-62-68(71)74-65-66(75-69(72)63-60-57-54-51-48-44-24-21-18-15-12-9-6-3)64-73-67(70)61-58-55-52-49-46-43-23-20-17-14-11-8-5-2/h22,25,27-28,30-31,66H,4-21,23-24,26,29,32-65H2,1-3H3/b25-22-,28-27-,31-30-. The van der Waals surface area contributed by atoms with Crippen LogP contribution in [0.1, 0.15) is 367 Å². The highest BCUT2D eigenvalue weighted by Gasteiger charge is 2.19. The molecule has 6 nitrogen and oxygen atoms in total. The molecule has 0 bridgehead atoms. The molecule has 440 valence electrons. The Hall–Kier alpha value is -2.37. The largest absolute Gasteiger partial charge is 0.462 e. The van der Waals surface area contributed by atoms with Crippen molar-refractivity contribution in [2.24, 2.45) is 0 Å². The lowest BCUT2D eigenvalue weighted by Crippen LogP contribution is -2.30. The summed E-state index contributed by atoms with van der Waals surface area (Å²) in [6, 6.07) is 0. The quantitative estimate of drug-likeness (QED) is 0.0261. The van der Waals surface area contributed by atoms with Gasteiger partial charge in [-0.05, 0) is 57.8 Å². The zero-order valence-electron chi connectivity index (χ0n) is 50.6. The Morgan fingerprint density at radius 2 is 0.480 bits per heavy atom. The number of ether oxygens (including phenoxy) is 3. The summed E-state index contributed by atoms with van der Waals surface area (Å²) in [7, 11) is 0. The third kappa shape index (κ3) is 62.4. The lowest BCUT2D eigenvalue weighted by Gasteiger charge is -2.18. The summed E-state index contributed by atoms with van der Waals surface area (Å²) in [5.41, 5.74) is 0. The molecule has 0 heterocycles. The Morgan fingerprint density at radius 1 is 0.267 bits per heavy atom. The van der Waals surface area contributed by atoms with Gasteiger partial charge in [-0.25, -0.2) is 0 Å². The maximum Gasteiger partial charge on any atom is 0.306 e. The van der Waals surface area contributed by atoms with Gasteiger partial charge in [-0.3, -0.25) is 14.4 Å². The Labute approximate surface area is 467 Å². The molecule has 0 rings (SSSR count). The smallest absolute Gasteiger partial charge is 0.306 e. The van der Waals surface area contributed by atoms with Crippen molar-refractivity contribution in [1.82, 2.24) is 0 Å². The summed E-state index contributed by atoms with van der Waals surface area (Å²) >= 11 is 0. The number of hydrogen-bond donors (Lipinski definition) is 0. The molecule has 0 radical (unpaired) electrons. The highest BCUT2D eigenvalue weighted by atomic mass is 16.6. The molecule has 0 aromatic heterocycles. The van der Waals surface area contributed by atoms with Crippen molar-refractivity contribution in [2.45, 2.75) is 374 Å². The highest BCUT2D eigenvalue weighted by Crippen LogP contribution is 2.18. The lowest BCUT2D eigenvalue weighted by atomic mass is 10.0. The molecule has 1 atom stereocenters. The molecule has 0 amide bonds. The number of hydrogen-bond acceptors (Lipinski definition) is 6. The molecule has 0 fully saturated rings. The fourth-order valence-corrected chi connectivity index (χ4v) is 10.1. The number of allylic oxidation sites excluding steroid dienone is 6. The third-order valence-electron chi connectivity index (χ3n) is 15.1. The van der Waals surface area contributed by atoms with Crippen molar-refractivity contribution in [3.63, 3.8) is 0 Å². The van der Waals surface area contributed by atoms with Gasteiger partial charge in [-0.1, -0.05) is 327 Å². The van der Waals surface area contributed by atoms with Gasteiger partial charge in [0.2, 0.25) is 0 Å². The fourth-order valence-electron chi connectivity index (χ4n) is 10.1. The van der Waals surface area contributed by atoms with Crippen LogP contribution < -0.4 is 0 Å². The zero-order chi connectivity index (χ0) is 54.3. The zero-order valence-corrected chi connectivity index (χ0v) is 50.6. The van der Waals surface area contributed by atoms with Crippen LogP contribution in [0.25, 0.3) is 0 Å². The minimum Gasteiger partial charge on any atom is -0.462 e. The first kappa shape index (κ1) is 72.6. The first-order chi connectivity index (χ1) is 37.0. The Kier molecular flexibility index (Phi) is 62.1. The second-order valence-electron chi connectivity index (χ2n) is 22.7. The second kappa shape index (κ2) is 64.2. The van der Waals surface area contributed by atoms with E-state index < -0.39 is 6.10 Å². The summed E-state index contributed by atoms with van der Waals surface area (Å²) in [6.07, 6.45) is 78.8. The molecule has 75 heavy (non-hydrogen) atoms. The van der Waals surface area contributed by atoms with Gasteiger partial charge in [0, 0.05) is 19.3 Å². The molecule has 0 aliphatic carbocycles. The van der Waals surface area contributed by atoms with E-state index >= 15 is 0 Å². The minimum absolute atomic E-state index is 0.0650. The number of esters is 3. The van der Waals surface area contributed by atoms with E-state index in [1.165, 1.54) is 257 Å². The average molecular weight is 1050 g/mol. The molecular weight excluding hydrogens is 925 g/mol. The van der Waals surface area contributed by atoms with Crippen LogP contribution in [0, 0.1) is 0 Å². The maximum absolute atomic E-state index is 12.9. The number of rotatable bonds is 62. The molecule has 0 aliphatic rings. The molecule has 1 unspecified atom stereocenters. The Bertz CT molecular complexity index is 1250. The molecule has 0 aromatic rings. The van der Waals surface area contributed by atoms with E-state index in [1.54, 1.807) is 0 Å². The van der Waals surface area contributed by atoms with Crippen molar-refractivity contribution in [2.75, 3.05) is 13.2 Å². The van der Waals surface area contributed by atoms with Gasteiger partial charge in [0.05, 0.1) is 0 Å². The monoisotopic (exact) mass is 1050 g/mol. The molecule has 6 heteroatoms. The number of carbonyl (C=O) groups is 3. The van der Waals surface area contributed by atoms with E-state index in [9.17, 15) is 14.4 Å². The summed E-state index contributed by atoms with van der Waals surface area (Å²) in [6.45, 7) is 6.68. The SMILES string of the molecule is CCCCCCC/C=C\C/C=C\C/C=C\CCCCCCCCCCCCCCCCCCC(=O)OCC(COC(=O)CCCCCCCCCCCCCCC)OC(=O)CCCCCCCCCCCCCCC. The van der Waals surface area contributed by atoms with E-state index in [2.05, 4.69) is 57.2 Å². The van der Waals surface area contributed by atoms with Crippen molar-refractivity contribution >= 4 is 17.9 Å². The number of carbonyl (C=O) groups excluding carboxylic acids is 3. The van der Waals surface area contributed by atoms with Gasteiger partial charge in [0.1, 0.15) is 13.2 Å². The molecule has 0 aromatic carbocycles. The Morgan fingerprint density at radius 3 is 0.747 bits per heavy atom. The second-order valence-corrected chi connectivity index (χ2v) is 22.7. The normalized spacial score (nSPS) is 12.2. The summed E-state index contributed by atoms with van der Waals surface area (Å²) < 4.78 is 16.9. The average Bonchev–Trinajstić information content (AvgIpc) is 3.41. The van der Waals surface area contributed by atoms with Crippen molar-refractivity contribution in [3.05, 3.63) is 36.5 Å². The predicted molar refractivity (Wildman–Crippen MR) is 326 cm³/mol. The highest BCUT2D eigenvalue weighted by molar-refractivity contribution is 5.71. The van der Waals surface area contributed by atoms with E-state index in [0.29, 0.717) is 19.3 Å². The van der Waals surface area contributed by atoms with Crippen LogP contribution in [0.3, 0.4) is 0 Å². The Balaban J connectivity index is 4.10. The molecular formula is C69H128O6. The van der Waals surface area contributed by atoms with Crippen molar-refractivity contribution in [1.29, 1.82) is 0 Å². The van der Waals surface area contributed by atoms with Crippen LogP contribution in [-0.4, -0.2) is 37.2 Å². The van der Waals surface area contributed by atoms with Crippen LogP contribution in [0.4, 0.5) is 0 Å². The molecule has 0 saturated heterocycles. The predicted octanol–water partition coefficient (Wildman–Crippen LogP) is 22.8. The fraction of sp³-hybridized carbons (Fsp3) is 0.870. The van der Waals surface area contributed by atoms with E-state index in [0.717, 1.165) is 70.6 Å². The summed E-state index contributed by atoms with van der Waals surface area (Å²) in [4.78, 5) is 38.2. The first-order valence-corrected chi connectivity index (χ1v) is 33.5. The number of unbranched alkanes of at least 4 members (excludes halogenated alkanes) is 45. The lowest BCUT2D eigenvalue weighted by molar-refractivity contribution is -0.167. The molecule has 0 spiro atoms. The molecule has 0 N–H and O–H groups in total. The van der Waals surface area contributed by atoms with Crippen LogP contribution in [-0.2, 0) is 28.6 Å². The first-order valence-electron chi connectivity index (χ1n) is 33.5. The van der Waals surface area contributed by atoms with Crippen LogP contribution >= 0.6 is 0 Å². The van der Waals surface area contributed by atoms with Gasteiger partial charge in [-0.2, -0.15) is 0 Å². The van der Waals surface area contributed by atoms with Gasteiger partial charge in [-0.15, -0.1) is 0 Å². The van der Waals surface area contributed by atoms with Crippen LogP contribution in [0.5, 0.6) is 0 Å². The van der Waals surface area contributed by atoms with Gasteiger partial charge in [0.25, 0.3) is 0 Å². The summed E-state index contributed by atoms with van der Waals surface area (Å²) in [5, 5.41) is 0. The van der Waals surface area contributed by atoms with Crippen LogP contribution in [0.15, 0.2) is 36.5 Å². The van der Waals surface area contributed by atoms with Gasteiger partial charge in [0.15, 0.2) is 6.10 Å². The molecule has 0 saturated carbocycles. The van der Waals surface area contributed by atoms with Gasteiger partial charge >= 0.3 is 17.9 Å². The van der Waals surface area contributed by atoms with Crippen molar-refractivity contribution in [3.8, 4) is 0 Å². The maximum atomic E-state index is 12.9. The van der Waals surface area contributed by atoms with E-state index in [4.69, 9.17) is 14.2 Å². The minimum atomic E-state index is -0.766. The van der Waals surface area contributed by atoms with Crippen molar-refractivity contribution < 1.29 is 28.6 Å². The topological polar surface area (TPSA) is 78.9 Å². The van der Waals surface area contributed by atoms with E-state index in [-0.39, 0.29) is 31.1 Å². The van der Waals surface area contributed by atoms with Crippen LogP contribution in [0.2, 0.25) is 0 Å². The van der Waals surface area contributed by atoms with E-state index in [1.807, 2.05) is 0 Å².